The van der Waals surface area contributed by atoms with Crippen molar-refractivity contribution in [3.63, 3.8) is 0 Å². The number of hydrogen-bond donors (Lipinski definition) is 13. The summed E-state index contributed by atoms with van der Waals surface area (Å²) in [4.78, 5) is 53.9. The summed E-state index contributed by atoms with van der Waals surface area (Å²) in [5.41, 5.74) is 8.83. The number of fused-ring (bicyclic) bond motifs is 10. The van der Waals surface area contributed by atoms with Gasteiger partial charge in [0.15, 0.2) is 23.8 Å². The van der Waals surface area contributed by atoms with Gasteiger partial charge < -0.3 is 72.5 Å². The van der Waals surface area contributed by atoms with Crippen molar-refractivity contribution in [2.75, 3.05) is 24.7 Å². The third-order valence-electron chi connectivity index (χ3n) is 25.1. The number of benzene rings is 1. The maximum atomic E-state index is 16.8. The molecule has 1 aromatic heterocycles. The summed E-state index contributed by atoms with van der Waals surface area (Å²) in [6, 6.07) is 7.23. The van der Waals surface area contributed by atoms with Gasteiger partial charge in [-0.25, -0.2) is 0 Å². The van der Waals surface area contributed by atoms with E-state index in [2.05, 4.69) is 40.1 Å². The van der Waals surface area contributed by atoms with Gasteiger partial charge in [0, 0.05) is 90.1 Å². The van der Waals surface area contributed by atoms with Crippen molar-refractivity contribution in [1.82, 2.24) is 10.3 Å². The highest BCUT2D eigenvalue weighted by Crippen LogP contribution is 2.75. The molecule has 1 aromatic carbocycles. The van der Waals surface area contributed by atoms with Crippen LogP contribution in [0.4, 0.5) is 0 Å². The average molecular weight is 1280 g/mol. The van der Waals surface area contributed by atoms with Gasteiger partial charge in [-0.3, -0.25) is 19.4 Å². The van der Waals surface area contributed by atoms with Gasteiger partial charge in [0.05, 0.1) is 47.7 Å². The second kappa shape index (κ2) is 26.1. The first-order valence-electron chi connectivity index (χ1n) is 33.7. The van der Waals surface area contributed by atoms with Crippen LogP contribution >= 0.6 is 21.6 Å². The van der Waals surface area contributed by atoms with Crippen LogP contribution in [0.2, 0.25) is 0 Å². The monoisotopic (exact) mass is 1280 g/mol. The number of esters is 1. The van der Waals surface area contributed by atoms with E-state index in [1.54, 1.807) is 37.4 Å². The SMILES string of the molecule is CCC1OC(=O)C(c2cc[nH]c2)C1C1C#CCC2CC3(O)C4=C5NC(CO)C(=O)CC(c6ccc(O)cc6)CSSCC6C(O)C(O)CC(C7CCCC7)(C4CCC3(CCN=C(N)N)C2C(C)(O)C(O)CC(C(O)O)C2CC=C3CCC(C)CC3C2C1)C6C5=O. The predicted molar refractivity (Wildman–Crippen MR) is 343 cm³/mol. The number of Topliss-reactive ketones (excluding diaryl/α,β-unsaturated/α-hetero) is 2. The van der Waals surface area contributed by atoms with Gasteiger partial charge in [-0.05, 0) is 179 Å². The molecule has 8 aliphatic carbocycles. The Hall–Kier alpha value is -4.40. The van der Waals surface area contributed by atoms with E-state index in [-0.39, 0.29) is 104 Å². The minimum atomic E-state index is -2.11. The van der Waals surface area contributed by atoms with Gasteiger partial charge in [0.1, 0.15) is 17.9 Å². The summed E-state index contributed by atoms with van der Waals surface area (Å²) in [7, 11) is 3.00. The molecule has 23 unspecified atom stereocenters. The van der Waals surface area contributed by atoms with Crippen LogP contribution in [0.5, 0.6) is 5.75 Å². The lowest BCUT2D eigenvalue weighted by Gasteiger charge is -2.66. The Morgan fingerprint density at radius 1 is 0.933 bits per heavy atom. The van der Waals surface area contributed by atoms with Crippen LogP contribution in [0, 0.1) is 99.6 Å². The van der Waals surface area contributed by atoms with Crippen molar-refractivity contribution in [2.45, 2.75) is 196 Å². The summed E-state index contributed by atoms with van der Waals surface area (Å²) in [5, 5.41) is 116. The van der Waals surface area contributed by atoms with E-state index in [0.717, 1.165) is 56.1 Å². The lowest BCUT2D eigenvalue weighted by atomic mass is 9.40. The van der Waals surface area contributed by atoms with Crippen LogP contribution in [0.3, 0.4) is 0 Å². The van der Waals surface area contributed by atoms with Crippen LogP contribution < -0.4 is 16.8 Å². The lowest BCUT2D eigenvalue weighted by molar-refractivity contribution is -0.207. The molecule has 20 heteroatoms. The van der Waals surface area contributed by atoms with Crippen LogP contribution in [-0.4, -0.2) is 147 Å². The number of nitrogens with zero attached hydrogens (tertiary/aromatic N) is 1. The number of aliphatic hydroxyl groups excluding tert-OH is 5. The number of nitrogens with one attached hydrogen (secondary N) is 2. The second-order valence-corrected chi connectivity index (χ2v) is 32.0. The topological polar surface area (TPSA) is 335 Å². The number of aromatic hydroxyl groups is 1. The molecule has 492 valence electrons. The number of cyclic esters (lactones) is 1. The van der Waals surface area contributed by atoms with E-state index in [0.29, 0.717) is 42.9 Å². The van der Waals surface area contributed by atoms with Gasteiger partial charge in [0.2, 0.25) is 0 Å². The number of aliphatic hydroxyl groups is 8. The van der Waals surface area contributed by atoms with Crippen molar-refractivity contribution >= 4 is 45.1 Å². The molecule has 2 saturated heterocycles. The second-order valence-electron chi connectivity index (χ2n) is 29.5. The molecule has 10 aliphatic rings. The van der Waals surface area contributed by atoms with Crippen molar-refractivity contribution in [2.24, 2.45) is 104 Å². The Bertz CT molecular complexity index is 3120. The first kappa shape index (κ1) is 65.7. The number of H-pyrrole nitrogens is 1. The van der Waals surface area contributed by atoms with E-state index in [1.165, 1.54) is 27.2 Å². The average Bonchev–Trinajstić information content (AvgIpc) is 1.25. The normalized spacial score (nSPS) is 43.3. The fraction of sp³-hybridized carbons (Fsp3) is 0.714. The highest BCUT2D eigenvalue weighted by atomic mass is 33.1. The van der Waals surface area contributed by atoms with E-state index in [4.69, 9.17) is 16.2 Å². The number of guanidine groups is 1. The Balaban J connectivity index is 1.07. The molecule has 0 spiro atoms. The fourth-order valence-corrected chi connectivity index (χ4v) is 24.1. The summed E-state index contributed by atoms with van der Waals surface area (Å²) < 4.78 is 6.31. The fourth-order valence-electron chi connectivity index (χ4n) is 21.3. The number of phenolic OH excluding ortho intramolecular Hbond substituents is 1. The number of phenols is 1. The number of allylic oxidation sites excluding steroid dienone is 3. The largest absolute Gasteiger partial charge is 0.508 e. The number of aromatic nitrogens is 1. The highest BCUT2D eigenvalue weighted by molar-refractivity contribution is 8.76. The molecule has 2 bridgehead atoms. The van der Waals surface area contributed by atoms with Gasteiger partial charge in [-0.15, -0.1) is 5.92 Å². The highest BCUT2D eigenvalue weighted by Gasteiger charge is 2.76. The van der Waals surface area contributed by atoms with Gasteiger partial charge in [-0.1, -0.05) is 78.0 Å². The maximum absolute atomic E-state index is 16.8. The Labute approximate surface area is 537 Å². The van der Waals surface area contributed by atoms with E-state index >= 15 is 14.7 Å². The third-order valence-corrected chi connectivity index (χ3v) is 27.7. The number of aliphatic imine (C=N–C) groups is 1. The molecular weight excluding hydrogens is 1180 g/mol. The molecule has 0 amide bonds. The maximum Gasteiger partial charge on any atom is 0.314 e. The zero-order valence-electron chi connectivity index (χ0n) is 52.4. The molecule has 90 heavy (non-hydrogen) atoms. The summed E-state index contributed by atoms with van der Waals surface area (Å²) in [6.07, 6.45) is 7.31. The van der Waals surface area contributed by atoms with Crippen LogP contribution in [0.1, 0.15) is 159 Å². The summed E-state index contributed by atoms with van der Waals surface area (Å²) >= 11 is 0. The number of ketones is 2. The van der Waals surface area contributed by atoms with E-state index < -0.39 is 136 Å². The number of ether oxygens (including phenoxy) is 1. The van der Waals surface area contributed by atoms with Crippen molar-refractivity contribution < 1.29 is 65.1 Å². The van der Waals surface area contributed by atoms with E-state index in [1.807, 2.05) is 19.2 Å². The minimum absolute atomic E-state index is 0.0187. The van der Waals surface area contributed by atoms with E-state index in [9.17, 15) is 45.6 Å². The summed E-state index contributed by atoms with van der Waals surface area (Å²) in [5.74, 6) is -0.196. The first-order chi connectivity index (χ1) is 43.1. The van der Waals surface area contributed by atoms with Crippen LogP contribution in [-0.2, 0) is 19.1 Å². The molecule has 2 aliphatic heterocycles. The van der Waals surface area contributed by atoms with Crippen molar-refractivity contribution in [3.8, 4) is 17.6 Å². The van der Waals surface area contributed by atoms with Gasteiger partial charge in [-0.2, -0.15) is 0 Å². The lowest BCUT2D eigenvalue weighted by Crippen LogP contribution is -2.69. The number of nitrogens with two attached hydrogens (primary N) is 2. The van der Waals surface area contributed by atoms with Crippen molar-refractivity contribution in [3.05, 3.63) is 76.8 Å². The van der Waals surface area contributed by atoms with Gasteiger partial charge in [0.25, 0.3) is 0 Å². The predicted octanol–water partition coefficient (Wildman–Crippen LogP) is 6.48. The molecule has 23 atom stereocenters. The zero-order chi connectivity index (χ0) is 63.8. The third kappa shape index (κ3) is 11.3. The molecule has 12 rings (SSSR count). The molecule has 0 radical (unpaired) electrons. The number of aromatic amines is 1. The Morgan fingerprint density at radius 2 is 1.69 bits per heavy atom. The van der Waals surface area contributed by atoms with Crippen molar-refractivity contribution in [1.29, 1.82) is 0 Å². The summed E-state index contributed by atoms with van der Waals surface area (Å²) in [6.45, 7) is 5.10. The number of carbonyl (C=O) groups excluding carboxylic acids is 3. The quantitative estimate of drug-likeness (QED) is 0.0230. The molecule has 3 heterocycles. The molecule has 2 aromatic rings. The first-order valence-corrected chi connectivity index (χ1v) is 36.2. The Morgan fingerprint density at radius 3 is 2.39 bits per heavy atom. The van der Waals surface area contributed by atoms with Crippen LogP contribution in [0.25, 0.3) is 0 Å². The minimum Gasteiger partial charge on any atom is -0.508 e. The molecule has 18 nitrogen and oxygen atoms in total. The standard InChI is InChI=1S/C70H97N5O13S2/c1-4-54-56(57(65(85)88-54)41-21-24-73-32-41)39-8-7-9-40-30-70(87)59-50(20-22-68(70,23-25-74-66(71)72)63(40)67(3,86)55(80)29-48(64(83)84)45-19-16-38-13-12-36(2)26-46(38)47(45)27-39)69(43-10-5-6-11-43)31-53(79)61(81)49-35-90-89-34-42(37-14-17-44(77)18-15-37)28-52(78)51(33-76)75-60(59)62(82)58(49)69/h14-18,21,24,32,36,39-40,42-43,45-51,53-58,61,63-64,73,75-77,79-81,83-84,86-87H,4-6,9-13,19-20,22-23,25-31,33-35H2,1-3H3,(H4,71,72,74). The zero-order valence-corrected chi connectivity index (χ0v) is 54.0. The number of carbonyl (C=O) groups is 3. The van der Waals surface area contributed by atoms with Gasteiger partial charge >= 0.3 is 5.97 Å². The number of hydrogen-bond acceptors (Lipinski definition) is 17. The number of rotatable bonds is 10. The van der Waals surface area contributed by atoms with Crippen LogP contribution in [0.15, 0.2) is 70.6 Å². The molecule has 7 fully saturated rings. The smallest absolute Gasteiger partial charge is 0.314 e. The molecular formula is C70H97N5O13S2. The molecule has 5 saturated carbocycles. The molecule has 15 N–H and O–H groups in total. The Kier molecular flexibility index (Phi) is 19.0.